The Balaban J connectivity index is 3.94. The lowest BCUT2D eigenvalue weighted by molar-refractivity contribution is -0.178. The Kier molecular flexibility index (Phi) is 4.93. The average Bonchev–Trinajstić information content (AvgIpc) is 1.95. The molecule has 0 radical (unpaired) electrons. The zero-order valence-corrected chi connectivity index (χ0v) is 7.03. The molecule has 0 aromatic rings. The summed E-state index contributed by atoms with van der Waals surface area (Å²) < 4.78 is 36.2. The van der Waals surface area contributed by atoms with Gasteiger partial charge in [-0.2, -0.15) is 13.2 Å². The first-order valence-corrected chi connectivity index (χ1v) is 4.02. The van der Waals surface area contributed by atoms with Crippen LogP contribution in [0.4, 0.5) is 13.2 Å². The van der Waals surface area contributed by atoms with Crippen LogP contribution >= 0.6 is 0 Å². The molecule has 0 heterocycles. The molecule has 0 N–H and O–H groups in total. The molecule has 0 saturated carbocycles. The van der Waals surface area contributed by atoms with Gasteiger partial charge in [-0.25, -0.2) is 0 Å². The van der Waals surface area contributed by atoms with E-state index in [1.54, 1.807) is 0 Å². The van der Waals surface area contributed by atoms with Gasteiger partial charge in [0.25, 0.3) is 0 Å². The third kappa shape index (κ3) is 4.36. The predicted molar refractivity (Wildman–Crippen MR) is 39.8 cm³/mol. The Hall–Kier alpha value is -0.540. The summed E-state index contributed by atoms with van der Waals surface area (Å²) in [4.78, 5) is 9.93. The lowest BCUT2D eigenvalue weighted by atomic mass is 9.99. The number of hydrogen-bond donors (Lipinski definition) is 0. The molecular weight excluding hydrogens is 169 g/mol. The van der Waals surface area contributed by atoms with Gasteiger partial charge in [0.2, 0.25) is 0 Å². The largest absolute Gasteiger partial charge is 0.392 e. The molecule has 0 bridgehead atoms. The molecule has 1 nitrogen and oxygen atoms in total. The minimum Gasteiger partial charge on any atom is -0.303 e. The van der Waals surface area contributed by atoms with Gasteiger partial charge in [0.15, 0.2) is 0 Å². The lowest BCUT2D eigenvalue weighted by Crippen LogP contribution is -2.23. The second-order valence-electron chi connectivity index (χ2n) is 2.78. The maximum Gasteiger partial charge on any atom is 0.392 e. The monoisotopic (exact) mass is 182 g/mol. The van der Waals surface area contributed by atoms with Crippen molar-refractivity contribution in [3.63, 3.8) is 0 Å². The molecular formula is C8H13F3O. The number of rotatable bonds is 5. The number of alkyl halides is 3. The van der Waals surface area contributed by atoms with Crippen LogP contribution in [0.15, 0.2) is 0 Å². The maximum absolute atomic E-state index is 12.1. The van der Waals surface area contributed by atoms with Crippen molar-refractivity contribution >= 4 is 6.29 Å². The van der Waals surface area contributed by atoms with E-state index >= 15 is 0 Å². The molecule has 0 aliphatic carbocycles. The van der Waals surface area contributed by atoms with Crippen LogP contribution in [-0.4, -0.2) is 12.5 Å². The van der Waals surface area contributed by atoms with Crippen LogP contribution in [0.1, 0.15) is 32.6 Å². The summed E-state index contributed by atoms with van der Waals surface area (Å²) >= 11 is 0. The van der Waals surface area contributed by atoms with Gasteiger partial charge < -0.3 is 4.79 Å². The number of hydrogen-bond acceptors (Lipinski definition) is 1. The fraction of sp³-hybridized carbons (Fsp3) is 0.875. The van der Waals surface area contributed by atoms with Crippen molar-refractivity contribution in [1.29, 1.82) is 0 Å². The smallest absolute Gasteiger partial charge is 0.303 e. The third-order valence-electron chi connectivity index (χ3n) is 1.75. The highest BCUT2D eigenvalue weighted by molar-refractivity contribution is 5.49. The van der Waals surface area contributed by atoms with Crippen molar-refractivity contribution in [2.75, 3.05) is 0 Å². The molecule has 0 aliphatic heterocycles. The molecule has 0 rings (SSSR count). The van der Waals surface area contributed by atoms with E-state index in [0.717, 1.165) is 6.42 Å². The number of carbonyl (C=O) groups is 1. The normalized spacial score (nSPS) is 14.3. The number of aldehydes is 1. The van der Waals surface area contributed by atoms with Gasteiger partial charge >= 0.3 is 6.18 Å². The van der Waals surface area contributed by atoms with Crippen LogP contribution in [0.25, 0.3) is 0 Å². The fourth-order valence-electron chi connectivity index (χ4n) is 0.982. The van der Waals surface area contributed by atoms with E-state index in [1.165, 1.54) is 0 Å². The van der Waals surface area contributed by atoms with Gasteiger partial charge in [0.1, 0.15) is 6.29 Å². The van der Waals surface area contributed by atoms with Gasteiger partial charge in [-0.05, 0) is 6.42 Å². The Bertz CT molecular complexity index is 131. The summed E-state index contributed by atoms with van der Waals surface area (Å²) in [7, 11) is 0. The molecule has 0 spiro atoms. The molecule has 0 aliphatic rings. The molecule has 1 unspecified atom stereocenters. The summed E-state index contributed by atoms with van der Waals surface area (Å²) in [5.41, 5.74) is 0. The Morgan fingerprint density at radius 1 is 1.42 bits per heavy atom. The zero-order chi connectivity index (χ0) is 9.61. The third-order valence-corrected chi connectivity index (χ3v) is 1.75. The molecule has 0 saturated heterocycles. The van der Waals surface area contributed by atoms with Crippen molar-refractivity contribution in [3.05, 3.63) is 0 Å². The van der Waals surface area contributed by atoms with Gasteiger partial charge in [0, 0.05) is 6.42 Å². The Morgan fingerprint density at radius 3 is 2.33 bits per heavy atom. The highest BCUT2D eigenvalue weighted by atomic mass is 19.4. The Labute approximate surface area is 70.0 Å². The average molecular weight is 182 g/mol. The van der Waals surface area contributed by atoms with Gasteiger partial charge in [0.05, 0.1) is 5.92 Å². The second kappa shape index (κ2) is 5.17. The maximum atomic E-state index is 12.1. The SMILES string of the molecule is CCCCC(CC=O)C(F)(F)F. The lowest BCUT2D eigenvalue weighted by Gasteiger charge is -2.16. The summed E-state index contributed by atoms with van der Waals surface area (Å²) in [6.07, 6.45) is -2.95. The standard InChI is InChI=1S/C8H13F3O/c1-2-3-4-7(5-6-12)8(9,10)11/h6-7H,2-5H2,1H3. The van der Waals surface area contributed by atoms with Crippen LogP contribution in [0, 0.1) is 5.92 Å². The zero-order valence-electron chi connectivity index (χ0n) is 7.03. The van der Waals surface area contributed by atoms with Crippen molar-refractivity contribution in [2.45, 2.75) is 38.8 Å². The second-order valence-corrected chi connectivity index (χ2v) is 2.78. The van der Waals surface area contributed by atoms with E-state index in [9.17, 15) is 18.0 Å². The van der Waals surface area contributed by atoms with E-state index in [0.29, 0.717) is 12.7 Å². The number of unbranched alkanes of at least 4 members (excludes halogenated alkanes) is 1. The van der Waals surface area contributed by atoms with Crippen LogP contribution < -0.4 is 0 Å². The molecule has 1 atom stereocenters. The van der Waals surface area contributed by atoms with E-state index in [4.69, 9.17) is 0 Å². The summed E-state index contributed by atoms with van der Waals surface area (Å²) in [5, 5.41) is 0. The first-order chi connectivity index (χ1) is 5.52. The van der Waals surface area contributed by atoms with Gasteiger partial charge in [-0.3, -0.25) is 0 Å². The molecule has 0 amide bonds. The first-order valence-electron chi connectivity index (χ1n) is 4.02. The van der Waals surface area contributed by atoms with Crippen LogP contribution in [0.2, 0.25) is 0 Å². The summed E-state index contributed by atoms with van der Waals surface area (Å²) in [6.45, 7) is 1.83. The molecule has 72 valence electrons. The van der Waals surface area contributed by atoms with Crippen molar-refractivity contribution in [2.24, 2.45) is 5.92 Å². The van der Waals surface area contributed by atoms with Gasteiger partial charge in [-0.15, -0.1) is 0 Å². The minimum absolute atomic E-state index is 0.0682. The van der Waals surface area contributed by atoms with Crippen molar-refractivity contribution in [3.8, 4) is 0 Å². The van der Waals surface area contributed by atoms with Crippen molar-refractivity contribution < 1.29 is 18.0 Å². The molecule has 12 heavy (non-hydrogen) atoms. The topological polar surface area (TPSA) is 17.1 Å². The van der Waals surface area contributed by atoms with Crippen molar-refractivity contribution in [1.82, 2.24) is 0 Å². The van der Waals surface area contributed by atoms with Gasteiger partial charge in [-0.1, -0.05) is 19.8 Å². The molecule has 0 aromatic heterocycles. The number of halogens is 3. The van der Waals surface area contributed by atoms with Crippen LogP contribution in [-0.2, 0) is 4.79 Å². The van der Waals surface area contributed by atoms with Crippen LogP contribution in [0.3, 0.4) is 0 Å². The van der Waals surface area contributed by atoms with Crippen LogP contribution in [0.5, 0.6) is 0 Å². The predicted octanol–water partition coefficient (Wildman–Crippen LogP) is 2.94. The van der Waals surface area contributed by atoms with E-state index < -0.39 is 18.5 Å². The van der Waals surface area contributed by atoms with E-state index in [-0.39, 0.29) is 6.42 Å². The highest BCUT2D eigenvalue weighted by Gasteiger charge is 2.38. The molecule has 4 heteroatoms. The fourth-order valence-corrected chi connectivity index (χ4v) is 0.982. The summed E-state index contributed by atoms with van der Waals surface area (Å²) in [5.74, 6) is -1.44. The Morgan fingerprint density at radius 2 is 2.00 bits per heavy atom. The summed E-state index contributed by atoms with van der Waals surface area (Å²) in [6, 6.07) is 0. The quantitative estimate of drug-likeness (QED) is 0.597. The number of carbonyl (C=O) groups excluding carboxylic acids is 1. The van der Waals surface area contributed by atoms with E-state index in [1.807, 2.05) is 6.92 Å². The first kappa shape index (κ1) is 11.5. The molecule has 0 fully saturated rings. The highest BCUT2D eigenvalue weighted by Crippen LogP contribution is 2.31. The molecule has 0 aromatic carbocycles. The van der Waals surface area contributed by atoms with E-state index in [2.05, 4.69) is 0 Å². The minimum atomic E-state index is -4.21.